The predicted octanol–water partition coefficient (Wildman–Crippen LogP) is 3.23. The van der Waals surface area contributed by atoms with Gasteiger partial charge in [-0.15, -0.1) is 0 Å². The van der Waals surface area contributed by atoms with E-state index >= 15 is 0 Å². The lowest BCUT2D eigenvalue weighted by molar-refractivity contribution is 0.0963. The van der Waals surface area contributed by atoms with Crippen LogP contribution in [0.4, 0.5) is 5.69 Å². The Bertz CT molecular complexity index is 608. The molecule has 0 fully saturated rings. The van der Waals surface area contributed by atoms with Crippen molar-refractivity contribution in [1.29, 1.82) is 0 Å². The topological polar surface area (TPSA) is 50.4 Å². The summed E-state index contributed by atoms with van der Waals surface area (Å²) in [6.07, 6.45) is 0. The molecule has 2 N–H and O–H groups in total. The Morgan fingerprint density at radius 1 is 1.14 bits per heavy atom. The first kappa shape index (κ1) is 14.9. The largest absolute Gasteiger partial charge is 0.497 e. The zero-order valence-electron chi connectivity index (χ0n) is 12.5. The van der Waals surface area contributed by atoms with Gasteiger partial charge in [-0.1, -0.05) is 18.2 Å². The number of anilines is 1. The molecule has 1 unspecified atom stereocenters. The quantitative estimate of drug-likeness (QED) is 0.886. The van der Waals surface area contributed by atoms with Crippen molar-refractivity contribution < 1.29 is 9.53 Å². The Labute approximate surface area is 125 Å². The molecule has 0 spiro atoms. The highest BCUT2D eigenvalue weighted by atomic mass is 16.5. The molecule has 0 heterocycles. The van der Waals surface area contributed by atoms with E-state index in [1.54, 1.807) is 20.2 Å². The lowest BCUT2D eigenvalue weighted by atomic mass is 10.1. The van der Waals surface area contributed by atoms with E-state index in [1.165, 1.54) is 0 Å². The van der Waals surface area contributed by atoms with Crippen LogP contribution in [-0.4, -0.2) is 20.1 Å². The normalized spacial score (nSPS) is 11.6. The minimum Gasteiger partial charge on any atom is -0.497 e. The van der Waals surface area contributed by atoms with Crippen molar-refractivity contribution in [3.05, 3.63) is 59.7 Å². The van der Waals surface area contributed by atoms with E-state index in [4.69, 9.17) is 4.74 Å². The first-order chi connectivity index (χ1) is 10.1. The third-order valence-corrected chi connectivity index (χ3v) is 3.35. The van der Waals surface area contributed by atoms with Crippen molar-refractivity contribution in [3.8, 4) is 5.75 Å². The molecule has 0 radical (unpaired) electrons. The summed E-state index contributed by atoms with van der Waals surface area (Å²) in [5.74, 6) is 0.753. The molecule has 1 amide bonds. The summed E-state index contributed by atoms with van der Waals surface area (Å²) in [4.78, 5) is 11.6. The summed E-state index contributed by atoms with van der Waals surface area (Å²) in [6, 6.07) is 15.5. The number of carbonyl (C=O) groups excluding carboxylic acids is 1. The van der Waals surface area contributed by atoms with Gasteiger partial charge in [0.2, 0.25) is 0 Å². The summed E-state index contributed by atoms with van der Waals surface area (Å²) in [5.41, 5.74) is 2.71. The van der Waals surface area contributed by atoms with Gasteiger partial charge >= 0.3 is 0 Å². The predicted molar refractivity (Wildman–Crippen MR) is 84.9 cm³/mol. The highest BCUT2D eigenvalue weighted by molar-refractivity contribution is 5.94. The van der Waals surface area contributed by atoms with Gasteiger partial charge in [0.1, 0.15) is 5.75 Å². The van der Waals surface area contributed by atoms with Crippen LogP contribution in [0.5, 0.6) is 5.75 Å². The van der Waals surface area contributed by atoms with E-state index < -0.39 is 0 Å². The molecule has 0 aliphatic carbocycles. The van der Waals surface area contributed by atoms with Gasteiger partial charge in [-0.05, 0) is 42.8 Å². The van der Waals surface area contributed by atoms with Crippen molar-refractivity contribution >= 4 is 11.6 Å². The first-order valence-electron chi connectivity index (χ1n) is 6.86. The molecule has 1 atom stereocenters. The molecule has 4 nitrogen and oxygen atoms in total. The van der Waals surface area contributed by atoms with E-state index in [1.807, 2.05) is 42.5 Å². The first-order valence-corrected chi connectivity index (χ1v) is 6.86. The zero-order valence-corrected chi connectivity index (χ0v) is 12.5. The number of nitrogens with one attached hydrogen (secondary N) is 2. The maximum atomic E-state index is 11.6. The van der Waals surface area contributed by atoms with Crippen LogP contribution in [0, 0.1) is 0 Å². The fourth-order valence-corrected chi connectivity index (χ4v) is 2.12. The molecule has 110 valence electrons. The highest BCUT2D eigenvalue weighted by Crippen LogP contribution is 2.22. The molecular weight excluding hydrogens is 264 g/mol. The molecule has 0 bridgehead atoms. The van der Waals surface area contributed by atoms with Crippen LogP contribution in [0.1, 0.15) is 28.9 Å². The zero-order chi connectivity index (χ0) is 15.2. The molecule has 0 aliphatic rings. The molecule has 4 heteroatoms. The minimum absolute atomic E-state index is 0.0873. The lowest BCUT2D eigenvalue weighted by Gasteiger charge is -2.16. The summed E-state index contributed by atoms with van der Waals surface area (Å²) in [6.45, 7) is 2.08. The van der Waals surface area contributed by atoms with Gasteiger partial charge in [-0.3, -0.25) is 4.79 Å². The fourth-order valence-electron chi connectivity index (χ4n) is 2.12. The van der Waals surface area contributed by atoms with Gasteiger partial charge in [0.05, 0.1) is 7.11 Å². The van der Waals surface area contributed by atoms with Gasteiger partial charge in [-0.2, -0.15) is 0 Å². The second-order valence-corrected chi connectivity index (χ2v) is 4.80. The second kappa shape index (κ2) is 6.79. The Balaban J connectivity index is 2.11. The molecule has 0 aromatic heterocycles. The average molecular weight is 284 g/mol. The molecule has 0 saturated heterocycles. The van der Waals surface area contributed by atoms with Crippen molar-refractivity contribution in [2.45, 2.75) is 13.0 Å². The molecule has 0 saturated carbocycles. The van der Waals surface area contributed by atoms with Crippen molar-refractivity contribution in [2.75, 3.05) is 19.5 Å². The second-order valence-electron chi connectivity index (χ2n) is 4.80. The standard InChI is InChI=1S/C17H20N2O2/c1-12(13-7-9-16(21-3)10-8-13)19-15-6-4-5-14(11-15)17(20)18-2/h4-12,19H,1-3H3,(H,18,20). The minimum atomic E-state index is -0.0873. The Hall–Kier alpha value is -2.49. The summed E-state index contributed by atoms with van der Waals surface area (Å²) < 4.78 is 5.16. The number of methoxy groups -OCH3 is 1. The van der Waals surface area contributed by atoms with Crippen LogP contribution < -0.4 is 15.4 Å². The van der Waals surface area contributed by atoms with Gasteiger partial charge in [0.25, 0.3) is 5.91 Å². The SMILES string of the molecule is CNC(=O)c1cccc(NC(C)c2ccc(OC)cc2)c1. The Morgan fingerprint density at radius 2 is 1.86 bits per heavy atom. The van der Waals surface area contributed by atoms with Crippen LogP contribution >= 0.6 is 0 Å². The number of carbonyl (C=O) groups is 1. The van der Waals surface area contributed by atoms with Gasteiger partial charge in [-0.25, -0.2) is 0 Å². The third-order valence-electron chi connectivity index (χ3n) is 3.35. The van der Waals surface area contributed by atoms with E-state index in [0.29, 0.717) is 5.56 Å². The molecule has 2 rings (SSSR count). The van der Waals surface area contributed by atoms with Crippen molar-refractivity contribution in [1.82, 2.24) is 5.32 Å². The fraction of sp³-hybridized carbons (Fsp3) is 0.235. The van der Waals surface area contributed by atoms with Crippen molar-refractivity contribution in [3.63, 3.8) is 0 Å². The molecule has 21 heavy (non-hydrogen) atoms. The summed E-state index contributed by atoms with van der Waals surface area (Å²) in [7, 11) is 3.28. The maximum Gasteiger partial charge on any atom is 0.251 e. The Kier molecular flexibility index (Phi) is 4.82. The summed E-state index contributed by atoms with van der Waals surface area (Å²) in [5, 5.41) is 6.02. The molecular formula is C17H20N2O2. The van der Waals surface area contributed by atoms with E-state index in [0.717, 1.165) is 17.0 Å². The number of hydrogen-bond acceptors (Lipinski definition) is 3. The number of benzene rings is 2. The number of hydrogen-bond donors (Lipinski definition) is 2. The van der Waals surface area contributed by atoms with E-state index in [9.17, 15) is 4.79 Å². The summed E-state index contributed by atoms with van der Waals surface area (Å²) >= 11 is 0. The van der Waals surface area contributed by atoms with Crippen LogP contribution in [0.3, 0.4) is 0 Å². The van der Waals surface area contributed by atoms with E-state index in [2.05, 4.69) is 17.6 Å². The molecule has 0 aliphatic heterocycles. The maximum absolute atomic E-state index is 11.6. The molecule has 2 aromatic carbocycles. The Morgan fingerprint density at radius 3 is 2.48 bits per heavy atom. The number of amides is 1. The van der Waals surface area contributed by atoms with Gasteiger partial charge < -0.3 is 15.4 Å². The van der Waals surface area contributed by atoms with Crippen molar-refractivity contribution in [2.24, 2.45) is 0 Å². The van der Waals surface area contributed by atoms with E-state index in [-0.39, 0.29) is 11.9 Å². The number of ether oxygens (including phenoxy) is 1. The molecule has 2 aromatic rings. The third kappa shape index (κ3) is 3.75. The highest BCUT2D eigenvalue weighted by Gasteiger charge is 2.08. The lowest BCUT2D eigenvalue weighted by Crippen LogP contribution is -2.18. The monoisotopic (exact) mass is 284 g/mol. The van der Waals surface area contributed by atoms with Gasteiger partial charge in [0.15, 0.2) is 0 Å². The van der Waals surface area contributed by atoms with Crippen LogP contribution in [0.15, 0.2) is 48.5 Å². The average Bonchev–Trinajstić information content (AvgIpc) is 2.54. The smallest absolute Gasteiger partial charge is 0.251 e. The van der Waals surface area contributed by atoms with Crippen LogP contribution in [0.2, 0.25) is 0 Å². The van der Waals surface area contributed by atoms with Gasteiger partial charge in [0, 0.05) is 24.3 Å². The van der Waals surface area contributed by atoms with Crippen LogP contribution in [-0.2, 0) is 0 Å². The number of rotatable bonds is 5. The van der Waals surface area contributed by atoms with Crippen LogP contribution in [0.25, 0.3) is 0 Å².